The molecule has 0 aliphatic carbocycles. The van der Waals surface area contributed by atoms with Crippen LogP contribution in [0.1, 0.15) is 35.6 Å². The van der Waals surface area contributed by atoms with Gasteiger partial charge in [-0.2, -0.15) is 5.10 Å². The average Bonchev–Trinajstić information content (AvgIpc) is 3.43. The number of nitrogens with one attached hydrogen (secondary N) is 1. The molecule has 1 aliphatic rings. The number of carboxylic acid groups (broad SMARTS) is 1. The van der Waals surface area contributed by atoms with E-state index in [1.807, 2.05) is 0 Å². The molecule has 0 saturated carbocycles. The Labute approximate surface area is 238 Å². The van der Waals surface area contributed by atoms with E-state index in [1.54, 1.807) is 72.3 Å². The van der Waals surface area contributed by atoms with E-state index in [0.29, 0.717) is 44.7 Å². The van der Waals surface area contributed by atoms with Gasteiger partial charge in [-0.25, -0.2) is 14.4 Å². The molecule has 1 unspecified atom stereocenters. The summed E-state index contributed by atoms with van der Waals surface area (Å²) < 4.78 is 16.1. The monoisotopic (exact) mass is 570 g/mol. The summed E-state index contributed by atoms with van der Waals surface area (Å²) in [5, 5.41) is 17.7. The minimum atomic E-state index is -1.16. The highest BCUT2D eigenvalue weighted by atomic mass is 35.5. The Bertz CT molecular complexity index is 1860. The van der Waals surface area contributed by atoms with Crippen molar-refractivity contribution in [1.29, 1.82) is 0 Å². The van der Waals surface area contributed by atoms with Gasteiger partial charge in [0.2, 0.25) is 5.91 Å². The lowest BCUT2D eigenvalue weighted by atomic mass is 9.77. The predicted octanol–water partition coefficient (Wildman–Crippen LogP) is 5.19. The second kappa shape index (κ2) is 9.97. The lowest BCUT2D eigenvalue weighted by Gasteiger charge is -2.23. The fraction of sp³-hybridized carbons (Fsp3) is 0.167. The van der Waals surface area contributed by atoms with E-state index in [-0.39, 0.29) is 42.2 Å². The maximum atomic E-state index is 14.5. The summed E-state index contributed by atoms with van der Waals surface area (Å²) in [6.45, 7) is 1.90. The minimum absolute atomic E-state index is 0.0143. The highest BCUT2D eigenvalue weighted by Crippen LogP contribution is 2.45. The second-order valence-corrected chi connectivity index (χ2v) is 10.5. The van der Waals surface area contributed by atoms with Crippen molar-refractivity contribution >= 4 is 46.0 Å². The molecule has 0 fully saturated rings. The van der Waals surface area contributed by atoms with E-state index in [1.165, 1.54) is 6.07 Å². The van der Waals surface area contributed by atoms with Crippen LogP contribution in [0, 0.1) is 5.82 Å². The molecule has 5 aromatic rings. The van der Waals surface area contributed by atoms with E-state index >= 15 is 0 Å². The van der Waals surface area contributed by atoms with Gasteiger partial charge in [-0.3, -0.25) is 14.3 Å². The number of aliphatic carboxylic acids is 1. The Morgan fingerprint density at radius 1 is 1.12 bits per heavy atom. The lowest BCUT2D eigenvalue weighted by molar-refractivity contribution is -0.137. The standard InChI is InChI=1S/C30H24ClFN6O3/c1-30(18-9-6-16(7-10-18)8-13-23(39)40)24-26(33)34-28(35-27(24)36-29(30)41)25-20-12-11-19(31)14-22(20)38(37-25)15-17-4-2-3-5-21(17)32/h2-7,9-12,14H,8,13,15H2,1H3,(H,39,40)(H3,33,34,35,36,41). The molecule has 0 radical (unpaired) electrons. The summed E-state index contributed by atoms with van der Waals surface area (Å²) in [7, 11) is 0. The molecule has 0 spiro atoms. The van der Waals surface area contributed by atoms with Crippen LogP contribution in [0.2, 0.25) is 5.02 Å². The number of amides is 1. The van der Waals surface area contributed by atoms with E-state index in [9.17, 15) is 14.0 Å². The zero-order valence-electron chi connectivity index (χ0n) is 21.9. The largest absolute Gasteiger partial charge is 0.481 e. The van der Waals surface area contributed by atoms with Crippen LogP contribution in [0.25, 0.3) is 22.4 Å². The average molecular weight is 571 g/mol. The third-order valence-electron chi connectivity index (χ3n) is 7.49. The van der Waals surface area contributed by atoms with Crippen LogP contribution in [0.3, 0.4) is 0 Å². The first-order chi connectivity index (χ1) is 19.6. The maximum absolute atomic E-state index is 14.5. The fourth-order valence-corrected chi connectivity index (χ4v) is 5.43. The maximum Gasteiger partial charge on any atom is 0.303 e. The van der Waals surface area contributed by atoms with Gasteiger partial charge in [-0.15, -0.1) is 0 Å². The number of nitrogen functional groups attached to an aromatic ring is 1. The first-order valence-corrected chi connectivity index (χ1v) is 13.2. The van der Waals surface area contributed by atoms with Gasteiger partial charge < -0.3 is 16.2 Å². The summed E-state index contributed by atoms with van der Waals surface area (Å²) in [4.78, 5) is 33.5. The van der Waals surface area contributed by atoms with E-state index in [0.717, 1.165) is 5.56 Å². The van der Waals surface area contributed by atoms with Crippen LogP contribution in [-0.2, 0) is 28.0 Å². The Balaban J connectivity index is 1.41. The Kier molecular flexibility index (Phi) is 6.42. The predicted molar refractivity (Wildman–Crippen MR) is 153 cm³/mol. The number of carbonyl (C=O) groups excluding carboxylic acids is 1. The zero-order valence-corrected chi connectivity index (χ0v) is 22.6. The molecular formula is C30H24ClFN6O3. The van der Waals surface area contributed by atoms with E-state index < -0.39 is 11.4 Å². The van der Waals surface area contributed by atoms with Crippen molar-refractivity contribution in [1.82, 2.24) is 19.7 Å². The van der Waals surface area contributed by atoms with Crippen LogP contribution in [0.15, 0.2) is 66.7 Å². The van der Waals surface area contributed by atoms with Gasteiger partial charge in [0.05, 0.1) is 17.6 Å². The molecule has 3 aromatic carbocycles. The van der Waals surface area contributed by atoms with Crippen molar-refractivity contribution in [3.63, 3.8) is 0 Å². The van der Waals surface area contributed by atoms with Crippen molar-refractivity contribution in [2.24, 2.45) is 0 Å². The second-order valence-electron chi connectivity index (χ2n) is 10.1. The topological polar surface area (TPSA) is 136 Å². The van der Waals surface area contributed by atoms with Crippen molar-refractivity contribution in [2.45, 2.75) is 31.7 Å². The molecule has 11 heteroatoms. The summed E-state index contributed by atoms with van der Waals surface area (Å²) in [5.41, 5.74) is 8.82. The van der Waals surface area contributed by atoms with Gasteiger partial charge in [0.15, 0.2) is 5.82 Å². The summed E-state index contributed by atoms with van der Waals surface area (Å²) in [6, 6.07) is 18.9. The summed E-state index contributed by atoms with van der Waals surface area (Å²) in [6.07, 6.45) is 0.396. The SMILES string of the molecule is CC1(c2ccc(CCC(=O)O)cc2)C(=O)Nc2nc(-c3nn(Cc4ccccc4F)c4cc(Cl)ccc34)nc(N)c21. The Morgan fingerprint density at radius 2 is 1.88 bits per heavy atom. The number of carbonyl (C=O) groups is 2. The van der Waals surface area contributed by atoms with Crippen LogP contribution in [0.4, 0.5) is 16.0 Å². The lowest BCUT2D eigenvalue weighted by Crippen LogP contribution is -2.33. The minimum Gasteiger partial charge on any atom is -0.481 e. The third-order valence-corrected chi connectivity index (χ3v) is 7.72. The molecule has 206 valence electrons. The van der Waals surface area contributed by atoms with Gasteiger partial charge in [-0.1, -0.05) is 54.1 Å². The summed E-state index contributed by atoms with van der Waals surface area (Å²) in [5.74, 6) is -0.944. The number of nitrogens with two attached hydrogens (primary N) is 1. The van der Waals surface area contributed by atoms with Gasteiger partial charge in [0, 0.05) is 22.4 Å². The number of aryl methyl sites for hydroxylation is 1. The van der Waals surface area contributed by atoms with E-state index in [4.69, 9.17) is 27.5 Å². The molecule has 6 rings (SSSR count). The Morgan fingerprint density at radius 3 is 2.61 bits per heavy atom. The molecule has 3 heterocycles. The van der Waals surface area contributed by atoms with Crippen LogP contribution >= 0.6 is 11.6 Å². The molecule has 1 atom stereocenters. The first-order valence-electron chi connectivity index (χ1n) is 12.9. The zero-order chi connectivity index (χ0) is 28.9. The molecular weight excluding hydrogens is 547 g/mol. The molecule has 0 bridgehead atoms. The fourth-order valence-electron chi connectivity index (χ4n) is 5.27. The van der Waals surface area contributed by atoms with Gasteiger partial charge in [0.1, 0.15) is 28.6 Å². The number of halogens is 2. The Hall–Kier alpha value is -4.83. The number of benzene rings is 3. The number of carboxylic acids is 1. The van der Waals surface area contributed by atoms with Crippen molar-refractivity contribution in [2.75, 3.05) is 11.1 Å². The van der Waals surface area contributed by atoms with Gasteiger partial charge >= 0.3 is 5.97 Å². The van der Waals surface area contributed by atoms with Gasteiger partial charge in [-0.05, 0) is 48.7 Å². The number of fused-ring (bicyclic) bond motifs is 2. The highest BCUT2D eigenvalue weighted by Gasteiger charge is 2.47. The molecule has 9 nitrogen and oxygen atoms in total. The van der Waals surface area contributed by atoms with Crippen molar-refractivity contribution in [3.05, 3.63) is 99.8 Å². The quantitative estimate of drug-likeness (QED) is 0.245. The van der Waals surface area contributed by atoms with Crippen LogP contribution in [0.5, 0.6) is 0 Å². The normalized spacial score (nSPS) is 16.1. The number of anilines is 2. The summed E-state index contributed by atoms with van der Waals surface area (Å²) >= 11 is 6.29. The highest BCUT2D eigenvalue weighted by molar-refractivity contribution is 6.31. The number of hydrogen-bond donors (Lipinski definition) is 3. The molecule has 1 amide bonds. The first kappa shape index (κ1) is 26.4. The molecule has 4 N–H and O–H groups in total. The van der Waals surface area contributed by atoms with Crippen LogP contribution in [-0.4, -0.2) is 36.7 Å². The van der Waals surface area contributed by atoms with Gasteiger partial charge in [0.25, 0.3) is 0 Å². The van der Waals surface area contributed by atoms with Crippen molar-refractivity contribution < 1.29 is 19.1 Å². The van der Waals surface area contributed by atoms with Crippen LogP contribution < -0.4 is 11.1 Å². The molecule has 2 aromatic heterocycles. The third kappa shape index (κ3) is 4.55. The van der Waals surface area contributed by atoms with Crippen molar-refractivity contribution in [3.8, 4) is 11.5 Å². The number of rotatable bonds is 7. The molecule has 0 saturated heterocycles. The molecule has 1 aliphatic heterocycles. The number of nitrogens with zero attached hydrogens (tertiary/aromatic N) is 4. The van der Waals surface area contributed by atoms with E-state index in [2.05, 4.69) is 15.3 Å². The molecule has 41 heavy (non-hydrogen) atoms. The number of hydrogen-bond acceptors (Lipinski definition) is 6. The smallest absolute Gasteiger partial charge is 0.303 e. The number of aromatic nitrogens is 4.